The summed E-state index contributed by atoms with van der Waals surface area (Å²) in [5, 5.41) is 18.9. The maximum Gasteiger partial charge on any atom is 0.249 e. The van der Waals surface area contributed by atoms with Crippen LogP contribution >= 0.6 is 22.9 Å². The van der Waals surface area contributed by atoms with Crippen LogP contribution in [0.3, 0.4) is 0 Å². The number of benzene rings is 1. The first-order chi connectivity index (χ1) is 26.4. The number of halogens is 1. The molecular weight excluding hydrogens is 746 g/mol. The van der Waals surface area contributed by atoms with Gasteiger partial charge < -0.3 is 15.5 Å². The van der Waals surface area contributed by atoms with Crippen molar-refractivity contribution in [3.05, 3.63) is 74.8 Å². The van der Waals surface area contributed by atoms with E-state index in [9.17, 15) is 24.0 Å². The third kappa shape index (κ3) is 6.64. The van der Waals surface area contributed by atoms with Gasteiger partial charge in [0.1, 0.15) is 28.7 Å². The van der Waals surface area contributed by atoms with Gasteiger partial charge in [-0.1, -0.05) is 23.7 Å². The predicted octanol–water partition coefficient (Wildman–Crippen LogP) is 2.97. The third-order valence-electron chi connectivity index (χ3n) is 10.6. The summed E-state index contributed by atoms with van der Waals surface area (Å²) in [5.41, 5.74) is 2.88. The van der Waals surface area contributed by atoms with E-state index in [1.165, 1.54) is 4.88 Å². The number of amides is 5. The van der Waals surface area contributed by atoms with Gasteiger partial charge in [0.25, 0.3) is 0 Å². The molecule has 16 nitrogen and oxygen atoms in total. The fourth-order valence-electron chi connectivity index (χ4n) is 7.66. The molecule has 1 aromatic carbocycles. The van der Waals surface area contributed by atoms with Crippen molar-refractivity contribution >= 4 is 70.0 Å². The van der Waals surface area contributed by atoms with Crippen molar-refractivity contribution in [1.29, 1.82) is 0 Å². The number of hydrogen-bond acceptors (Lipinski definition) is 13. The fourth-order valence-corrected chi connectivity index (χ4v) is 9.00. The molecular formula is C37H38ClN11O5S. The number of aryl methyl sites for hydroxylation is 2. The number of carbonyl (C=O) groups excluding carboxylic acids is 5. The zero-order valence-electron chi connectivity index (χ0n) is 30.4. The molecule has 18 heteroatoms. The third-order valence-corrected chi connectivity index (χ3v) is 12.0. The molecule has 1 unspecified atom stereocenters. The van der Waals surface area contributed by atoms with Gasteiger partial charge in [0.05, 0.1) is 17.5 Å². The highest BCUT2D eigenvalue weighted by Gasteiger charge is 2.61. The number of anilines is 2. The number of thiophene rings is 1. The number of imide groups is 2. The Morgan fingerprint density at radius 3 is 2.60 bits per heavy atom. The first-order valence-corrected chi connectivity index (χ1v) is 19.3. The van der Waals surface area contributed by atoms with Gasteiger partial charge in [-0.25, -0.2) is 4.98 Å². The molecule has 0 saturated carbocycles. The molecule has 0 bridgehead atoms. The number of aliphatic imine (C=N–C) groups is 1. The predicted molar refractivity (Wildman–Crippen MR) is 203 cm³/mol. The first kappa shape index (κ1) is 36.4. The van der Waals surface area contributed by atoms with Crippen LogP contribution in [0, 0.1) is 26.2 Å². The molecule has 2 atom stereocenters. The van der Waals surface area contributed by atoms with Crippen LogP contribution in [0.4, 0.5) is 11.8 Å². The van der Waals surface area contributed by atoms with Crippen LogP contribution in [0.2, 0.25) is 5.02 Å². The van der Waals surface area contributed by atoms with Crippen molar-refractivity contribution < 1.29 is 24.0 Å². The molecule has 8 rings (SSSR count). The van der Waals surface area contributed by atoms with Crippen LogP contribution in [0.15, 0.2) is 41.5 Å². The Labute approximate surface area is 324 Å². The van der Waals surface area contributed by atoms with E-state index in [-0.39, 0.29) is 50.6 Å². The molecule has 3 aromatic heterocycles. The van der Waals surface area contributed by atoms with Crippen LogP contribution in [-0.4, -0.2) is 97.1 Å². The highest BCUT2D eigenvalue weighted by molar-refractivity contribution is 7.15. The number of piperidine rings is 1. The number of nitrogens with one attached hydrogen (secondary N) is 3. The molecule has 7 heterocycles. The summed E-state index contributed by atoms with van der Waals surface area (Å²) in [4.78, 5) is 81.7. The molecule has 4 aromatic rings. The Morgan fingerprint density at radius 1 is 1.05 bits per heavy atom. The van der Waals surface area contributed by atoms with Gasteiger partial charge in [0.2, 0.25) is 35.5 Å². The van der Waals surface area contributed by atoms with Crippen molar-refractivity contribution in [1.82, 2.24) is 40.3 Å². The Kier molecular flexibility index (Phi) is 9.45. The van der Waals surface area contributed by atoms with E-state index in [0.717, 1.165) is 38.1 Å². The summed E-state index contributed by atoms with van der Waals surface area (Å²) >= 11 is 7.88. The van der Waals surface area contributed by atoms with Crippen LogP contribution in [-0.2, 0) is 24.0 Å². The van der Waals surface area contributed by atoms with E-state index in [0.29, 0.717) is 42.1 Å². The van der Waals surface area contributed by atoms with E-state index < -0.39 is 35.2 Å². The van der Waals surface area contributed by atoms with Crippen LogP contribution in [0.1, 0.15) is 71.4 Å². The Bertz CT molecular complexity index is 2280. The summed E-state index contributed by atoms with van der Waals surface area (Å²) in [5.74, 6) is 0.346. The average molecular weight is 784 g/mol. The van der Waals surface area contributed by atoms with Crippen LogP contribution in [0.5, 0.6) is 0 Å². The smallest absolute Gasteiger partial charge is 0.249 e. The van der Waals surface area contributed by atoms with Crippen molar-refractivity contribution in [2.75, 3.05) is 36.4 Å². The summed E-state index contributed by atoms with van der Waals surface area (Å²) in [6.45, 7) is 7.51. The molecule has 5 amide bonds. The maximum absolute atomic E-state index is 13.4. The number of hydrogen-bond donors (Lipinski definition) is 3. The molecule has 0 aliphatic carbocycles. The van der Waals surface area contributed by atoms with Gasteiger partial charge in [0, 0.05) is 66.2 Å². The zero-order valence-corrected chi connectivity index (χ0v) is 32.0. The largest absolute Gasteiger partial charge is 0.356 e. The lowest BCUT2D eigenvalue weighted by Gasteiger charge is -2.46. The van der Waals surface area contributed by atoms with Crippen LogP contribution < -0.4 is 20.9 Å². The van der Waals surface area contributed by atoms with Gasteiger partial charge in [-0.2, -0.15) is 4.98 Å². The second kappa shape index (κ2) is 14.3. The Balaban J connectivity index is 0.862. The minimum atomic E-state index is -0.960. The standard InChI is InChI=1S/C37H38ClN11O5S/c1-19-20(2)55-34-30(19)31(22-5-7-23(38)8-6-22)42-24(32-46-45-21(3)48(32)34)15-28(51)39-12-4-13-40-36-41-14-11-26(43-36)47-17-37(18-47)16-29(52)49(35(37)54)25-9-10-27(50)44-33(25)53/h5-8,11,14,24-25H,4,9-10,12-13,15-18H2,1-3H3,(H,39,51)(H,40,41,43)(H,44,50,53)/t24-,25?/m0/s1. The number of fused-ring (bicyclic) bond motifs is 3. The molecule has 3 N–H and O–H groups in total. The quantitative estimate of drug-likeness (QED) is 0.158. The van der Waals surface area contributed by atoms with Gasteiger partial charge >= 0.3 is 0 Å². The van der Waals surface area contributed by atoms with E-state index in [4.69, 9.17) is 16.6 Å². The maximum atomic E-state index is 13.4. The van der Waals surface area contributed by atoms with Crippen molar-refractivity contribution in [2.24, 2.45) is 10.4 Å². The van der Waals surface area contributed by atoms with E-state index in [1.54, 1.807) is 23.6 Å². The summed E-state index contributed by atoms with van der Waals surface area (Å²) in [7, 11) is 0. The SMILES string of the molecule is Cc1sc2c(c1C)C(c1ccc(Cl)cc1)=N[C@@H](CC(=O)NCCCNc1nccc(N3CC4(CC(=O)N(C5CCC(=O)NC5=O)C4=O)C3)n1)c1nnc(C)n1-2. The number of aromatic nitrogens is 5. The Hall–Kier alpha value is -5.55. The molecule has 4 aliphatic rings. The number of carbonyl (C=O) groups is 5. The fraction of sp³-hybridized carbons (Fsp3) is 0.405. The van der Waals surface area contributed by atoms with Gasteiger partial charge in [0.15, 0.2) is 5.82 Å². The molecule has 55 heavy (non-hydrogen) atoms. The van der Waals surface area contributed by atoms with Gasteiger partial charge in [-0.05, 0) is 57.4 Å². The van der Waals surface area contributed by atoms with Gasteiger partial charge in [-0.15, -0.1) is 21.5 Å². The summed E-state index contributed by atoms with van der Waals surface area (Å²) < 4.78 is 2.02. The number of rotatable bonds is 10. The summed E-state index contributed by atoms with van der Waals surface area (Å²) in [6, 6.07) is 7.76. The van der Waals surface area contributed by atoms with Gasteiger partial charge in [-0.3, -0.25) is 43.7 Å². The number of likely N-dealkylation sites (tertiary alicyclic amines) is 1. The molecule has 0 radical (unpaired) electrons. The normalized spacial score (nSPS) is 20.1. The molecule has 4 aliphatic heterocycles. The van der Waals surface area contributed by atoms with Crippen LogP contribution in [0.25, 0.3) is 5.00 Å². The van der Waals surface area contributed by atoms with Crippen molar-refractivity contribution in [2.45, 2.75) is 65.0 Å². The highest BCUT2D eigenvalue weighted by Crippen LogP contribution is 2.44. The van der Waals surface area contributed by atoms with E-state index in [2.05, 4.69) is 50.0 Å². The van der Waals surface area contributed by atoms with E-state index >= 15 is 0 Å². The van der Waals surface area contributed by atoms with E-state index in [1.807, 2.05) is 40.7 Å². The monoisotopic (exact) mass is 783 g/mol. The minimum Gasteiger partial charge on any atom is -0.356 e. The number of nitrogens with zero attached hydrogens (tertiary/aromatic N) is 8. The summed E-state index contributed by atoms with van der Waals surface area (Å²) in [6.07, 6.45) is 2.51. The van der Waals surface area contributed by atoms with Crippen molar-refractivity contribution in [3.63, 3.8) is 0 Å². The second-order valence-electron chi connectivity index (χ2n) is 14.3. The lowest BCUT2D eigenvalue weighted by atomic mass is 9.78. The lowest BCUT2D eigenvalue weighted by Crippen LogP contribution is -2.62. The Morgan fingerprint density at radius 2 is 1.84 bits per heavy atom. The second-order valence-corrected chi connectivity index (χ2v) is 16.0. The lowest BCUT2D eigenvalue weighted by molar-refractivity contribution is -0.152. The highest BCUT2D eigenvalue weighted by atomic mass is 35.5. The minimum absolute atomic E-state index is 0.00705. The topological polar surface area (TPSA) is 197 Å². The molecule has 284 valence electrons. The average Bonchev–Trinajstić information content (AvgIpc) is 3.72. The zero-order chi connectivity index (χ0) is 38.6. The first-order valence-electron chi connectivity index (χ1n) is 18.1. The molecule has 3 saturated heterocycles. The molecule has 1 spiro atoms. The van der Waals surface area contributed by atoms with Crippen molar-refractivity contribution in [3.8, 4) is 5.00 Å². The molecule has 3 fully saturated rings.